The second kappa shape index (κ2) is 17.2. The van der Waals surface area contributed by atoms with Crippen LogP contribution in [0.1, 0.15) is 18.1 Å². The summed E-state index contributed by atoms with van der Waals surface area (Å²) in [4.78, 5) is 17.0. The Morgan fingerprint density at radius 1 is 0.959 bits per heavy atom. The number of hydrogen-bond donors (Lipinski definition) is 2. The highest BCUT2D eigenvalue weighted by atomic mass is 127. The maximum atomic E-state index is 15.6. The summed E-state index contributed by atoms with van der Waals surface area (Å²) in [6, 6.07) is 14.5. The average molecular weight is 822 g/mol. The van der Waals surface area contributed by atoms with E-state index in [0.29, 0.717) is 49.0 Å². The van der Waals surface area contributed by atoms with E-state index in [1.807, 2.05) is 35.9 Å². The number of pyridine rings is 1. The van der Waals surface area contributed by atoms with Crippen LogP contribution in [0.15, 0.2) is 42.5 Å². The van der Waals surface area contributed by atoms with Crippen molar-refractivity contribution >= 4 is 61.6 Å². The molecule has 0 bridgehead atoms. The molecule has 49 heavy (non-hydrogen) atoms. The van der Waals surface area contributed by atoms with Gasteiger partial charge in [-0.1, -0.05) is 64.4 Å². The second-order valence-electron chi connectivity index (χ2n) is 14.3. The zero-order valence-corrected chi connectivity index (χ0v) is 34.0. The van der Waals surface area contributed by atoms with Gasteiger partial charge in [0.25, 0.3) is 0 Å². The van der Waals surface area contributed by atoms with Crippen LogP contribution in [0, 0.1) is 9.52 Å². The van der Waals surface area contributed by atoms with Gasteiger partial charge in [0.2, 0.25) is 0 Å². The fourth-order valence-corrected chi connectivity index (χ4v) is 7.21. The molecule has 0 aliphatic rings. The van der Waals surface area contributed by atoms with E-state index in [1.165, 1.54) is 13.1 Å². The molecule has 0 aliphatic heterocycles. The van der Waals surface area contributed by atoms with Crippen molar-refractivity contribution in [2.24, 2.45) is 0 Å². The minimum Gasteiger partial charge on any atom is -0.464 e. The zero-order chi connectivity index (χ0) is 35.8. The Hall–Kier alpha value is -3.06. The van der Waals surface area contributed by atoms with Gasteiger partial charge in [0.05, 0.1) is 16.6 Å². The van der Waals surface area contributed by atoms with Crippen LogP contribution in [-0.2, 0) is 29.2 Å². The number of carbonyl (C=O) groups excluding carboxylic acids is 1. The van der Waals surface area contributed by atoms with Crippen molar-refractivity contribution in [1.82, 2.24) is 20.1 Å². The Bertz CT molecular complexity index is 1740. The monoisotopic (exact) mass is 821 g/mol. The van der Waals surface area contributed by atoms with Gasteiger partial charge in [0.15, 0.2) is 18.4 Å². The van der Waals surface area contributed by atoms with Gasteiger partial charge < -0.3 is 29.6 Å². The molecule has 2 aromatic carbocycles. The molecule has 0 fully saturated rings. The van der Waals surface area contributed by atoms with Gasteiger partial charge in [0.1, 0.15) is 22.0 Å². The number of nitrogens with zero attached hydrogens (tertiary/aromatic N) is 3. The van der Waals surface area contributed by atoms with Crippen molar-refractivity contribution < 1.29 is 28.1 Å². The van der Waals surface area contributed by atoms with Crippen LogP contribution in [0.5, 0.6) is 11.5 Å². The molecule has 0 spiro atoms. The lowest BCUT2D eigenvalue weighted by Crippen LogP contribution is -2.22. The lowest BCUT2D eigenvalue weighted by atomic mass is 10.0. The number of para-hydroxylation sites is 1. The molecule has 1 amide bonds. The molecule has 2 aromatic heterocycles. The number of amides is 1. The number of aromatic nitrogens is 3. The summed E-state index contributed by atoms with van der Waals surface area (Å²) in [5, 5.41) is 11.6. The number of aryl methyl sites for hydroxylation is 1. The van der Waals surface area contributed by atoms with E-state index in [1.54, 1.807) is 12.1 Å². The SMILES string of the molecule is CCc1cc(OCOCC[Si](C)(C)C)c(F)cc1-c1cc2c(c(I)nn2COCC[Si](C)(C)C)c(NCc2ccccc2OC(=O)NC)n1. The molecular weight excluding hydrogens is 772 g/mol. The molecule has 266 valence electrons. The lowest BCUT2D eigenvalue weighted by Gasteiger charge is -2.17. The van der Waals surface area contributed by atoms with Crippen molar-refractivity contribution in [3.8, 4) is 22.8 Å². The van der Waals surface area contributed by atoms with Crippen LogP contribution >= 0.6 is 22.6 Å². The van der Waals surface area contributed by atoms with Gasteiger partial charge in [-0.2, -0.15) is 5.10 Å². The topological polar surface area (TPSA) is 109 Å². The van der Waals surface area contributed by atoms with E-state index in [9.17, 15) is 4.79 Å². The molecule has 2 heterocycles. The highest BCUT2D eigenvalue weighted by Crippen LogP contribution is 2.36. The first-order valence-corrected chi connectivity index (χ1v) is 25.1. The molecule has 2 N–H and O–H groups in total. The zero-order valence-electron chi connectivity index (χ0n) is 29.8. The lowest BCUT2D eigenvalue weighted by molar-refractivity contribution is 0.0197. The number of anilines is 1. The molecule has 0 aliphatic carbocycles. The van der Waals surface area contributed by atoms with Crippen molar-refractivity contribution in [3.05, 3.63) is 63.1 Å². The predicted molar refractivity (Wildman–Crippen MR) is 208 cm³/mol. The van der Waals surface area contributed by atoms with Crippen LogP contribution in [0.3, 0.4) is 0 Å². The van der Waals surface area contributed by atoms with E-state index >= 15 is 4.39 Å². The third-order valence-electron chi connectivity index (χ3n) is 7.84. The van der Waals surface area contributed by atoms with E-state index < -0.39 is 28.1 Å². The summed E-state index contributed by atoms with van der Waals surface area (Å²) in [5.41, 5.74) is 3.68. The molecule has 0 radical (unpaired) electrons. The van der Waals surface area contributed by atoms with Crippen LogP contribution in [-0.4, -0.2) is 64.1 Å². The minimum absolute atomic E-state index is 0.0113. The first-order chi connectivity index (χ1) is 23.2. The highest BCUT2D eigenvalue weighted by Gasteiger charge is 2.21. The molecule has 0 unspecified atom stereocenters. The molecule has 10 nitrogen and oxygen atoms in total. The molecular formula is C35H49FIN5O5Si2. The van der Waals surface area contributed by atoms with Crippen LogP contribution < -0.4 is 20.1 Å². The Labute approximate surface area is 304 Å². The van der Waals surface area contributed by atoms with Crippen molar-refractivity contribution in [1.29, 1.82) is 0 Å². The molecule has 4 aromatic rings. The Balaban J connectivity index is 1.70. The molecule has 14 heteroatoms. The number of carbonyl (C=O) groups is 1. The summed E-state index contributed by atoms with van der Waals surface area (Å²) in [5.74, 6) is 0.656. The maximum Gasteiger partial charge on any atom is 0.412 e. The Kier molecular flexibility index (Phi) is 13.6. The quantitative estimate of drug-likeness (QED) is 0.0472. The van der Waals surface area contributed by atoms with Crippen LogP contribution in [0.25, 0.3) is 22.2 Å². The Morgan fingerprint density at radius 3 is 2.33 bits per heavy atom. The van der Waals surface area contributed by atoms with E-state index in [-0.39, 0.29) is 19.3 Å². The van der Waals surface area contributed by atoms with E-state index in [4.69, 9.17) is 29.0 Å². The number of benzene rings is 2. The Morgan fingerprint density at radius 2 is 1.65 bits per heavy atom. The third-order valence-corrected chi connectivity index (χ3v) is 12.0. The average Bonchev–Trinajstić information content (AvgIpc) is 3.36. The first kappa shape index (κ1) is 38.7. The van der Waals surface area contributed by atoms with Gasteiger partial charge in [-0.15, -0.1) is 0 Å². The predicted octanol–water partition coefficient (Wildman–Crippen LogP) is 8.74. The summed E-state index contributed by atoms with van der Waals surface area (Å²) in [7, 11) is -0.999. The molecule has 0 saturated heterocycles. The fraction of sp³-hybridized carbons (Fsp3) is 0.457. The number of ether oxygens (including phenoxy) is 4. The van der Waals surface area contributed by atoms with E-state index in [0.717, 1.165) is 37.8 Å². The number of fused-ring (bicyclic) bond motifs is 1. The number of nitrogens with one attached hydrogen (secondary N) is 2. The van der Waals surface area contributed by atoms with Crippen molar-refractivity contribution in [2.75, 3.05) is 32.4 Å². The minimum atomic E-state index is -1.27. The van der Waals surface area contributed by atoms with Crippen molar-refractivity contribution in [2.45, 2.75) is 78.0 Å². The summed E-state index contributed by atoms with van der Waals surface area (Å²) >= 11 is 2.21. The van der Waals surface area contributed by atoms with Gasteiger partial charge in [-0.05, 0) is 70.9 Å². The maximum absolute atomic E-state index is 15.6. The summed E-state index contributed by atoms with van der Waals surface area (Å²) in [6.07, 6.45) is 0.0748. The van der Waals surface area contributed by atoms with E-state index in [2.05, 4.69) is 72.5 Å². The normalized spacial score (nSPS) is 12.0. The van der Waals surface area contributed by atoms with Gasteiger partial charge >= 0.3 is 6.09 Å². The summed E-state index contributed by atoms with van der Waals surface area (Å²) < 4.78 is 41.2. The van der Waals surface area contributed by atoms with Gasteiger partial charge in [-0.3, -0.25) is 0 Å². The number of halogens is 2. The highest BCUT2D eigenvalue weighted by molar-refractivity contribution is 14.1. The standard InChI is InChI=1S/C35H49FIN5O5Si2/c1-9-24-18-31(46-23-45-15-17-49(6,7)8)27(36)19-26(24)28-20-29-32(33(37)41-42(29)22-44-14-16-48(3,4)5)34(40-28)39-21-25-12-10-11-13-30(25)47-35(43)38-2/h10-13,18-20H,9,14-17,21-23H2,1-8H3,(H,38,43)(H,39,40). The third kappa shape index (κ3) is 11.2. The van der Waals surface area contributed by atoms with Crippen molar-refractivity contribution in [3.63, 3.8) is 0 Å². The molecule has 4 rings (SSSR count). The molecule has 0 atom stereocenters. The number of hydrogen-bond acceptors (Lipinski definition) is 8. The number of rotatable bonds is 17. The van der Waals surface area contributed by atoms with Gasteiger partial charge in [0, 0.05) is 54.1 Å². The smallest absolute Gasteiger partial charge is 0.412 e. The van der Waals surface area contributed by atoms with Crippen LogP contribution in [0.4, 0.5) is 15.0 Å². The molecule has 0 saturated carbocycles. The fourth-order valence-electron chi connectivity index (χ4n) is 4.90. The largest absolute Gasteiger partial charge is 0.464 e. The van der Waals surface area contributed by atoms with Gasteiger partial charge in [-0.25, -0.2) is 18.9 Å². The first-order valence-electron chi connectivity index (χ1n) is 16.6. The summed E-state index contributed by atoms with van der Waals surface area (Å²) in [6.45, 7) is 17.6. The second-order valence-corrected chi connectivity index (χ2v) is 26.5. The van der Waals surface area contributed by atoms with Crippen LogP contribution in [0.2, 0.25) is 51.4 Å².